The Bertz CT molecular complexity index is 2480. The highest BCUT2D eigenvalue weighted by Gasteiger charge is 2.80. The second-order valence-corrected chi connectivity index (χ2v) is 26.6. The van der Waals surface area contributed by atoms with Crippen LogP contribution >= 0.6 is 0 Å². The minimum Gasteiger partial charge on any atom is -0.393 e. The number of nitrogens with zero attached hydrogens (tertiary/aromatic N) is 2. The van der Waals surface area contributed by atoms with Crippen molar-refractivity contribution in [3.8, 4) is 0 Å². The van der Waals surface area contributed by atoms with E-state index < -0.39 is 80.6 Å². The largest absolute Gasteiger partial charge is 0.393 e. The molecule has 0 radical (unpaired) electrons. The van der Waals surface area contributed by atoms with Crippen molar-refractivity contribution >= 4 is 5.78 Å². The topological polar surface area (TPSA) is 201 Å². The number of fused-ring (bicyclic) bond motifs is 13. The summed E-state index contributed by atoms with van der Waals surface area (Å²) in [5.74, 6) is -3.13. The van der Waals surface area contributed by atoms with E-state index in [4.69, 9.17) is 28.9 Å². The lowest BCUT2D eigenvalue weighted by Gasteiger charge is -2.64. The number of carbonyl (C=O) groups excluding carboxylic acids is 1. The number of hydrogen-bond donors (Lipinski definition) is 6. The maximum Gasteiger partial charge on any atom is 0.201 e. The molecule has 13 heteroatoms. The van der Waals surface area contributed by atoms with Gasteiger partial charge in [-0.2, -0.15) is 0 Å². The van der Waals surface area contributed by atoms with Crippen LogP contribution in [0.1, 0.15) is 136 Å². The van der Waals surface area contributed by atoms with Crippen LogP contribution in [0.2, 0.25) is 0 Å². The molecule has 8 aliphatic carbocycles. The standard InChI is InChI=1S/C55H76N2O11/c1-26-32-14-15-33-34-13-11-30-17-38-40(21-49(30,8)52(34,63)23-42(60)51(32,33)25-65-54(26)45(62)27(2)46(4,5)67-54)57-37-16-29-10-12-31-35(48(29,7)20-39(37)56-38)18-41(59)50(9)36(31)19-44-53(50,64)28(3)55(66-44)43(61)22-47(6,24-58)68-55/h15,19,26-32,34-35,41,43-45,58-59,61-64H,10-14,16-18,20-25H2,1-9H3/t26-,27+,28+,29+,30+,31-,32-,34+,35+,41-,43-,44+,45-,47+,48+,49+,50-,51-,52-,53-,54-,55+/m1/s1. The Labute approximate surface area is 400 Å². The van der Waals surface area contributed by atoms with E-state index in [-0.39, 0.29) is 78.7 Å². The van der Waals surface area contributed by atoms with E-state index >= 15 is 4.79 Å². The fourth-order valence-corrected chi connectivity index (χ4v) is 19.4. The number of rotatable bonds is 1. The molecule has 22 atom stereocenters. The summed E-state index contributed by atoms with van der Waals surface area (Å²) in [7, 11) is 0. The lowest BCUT2D eigenvalue weighted by Crippen LogP contribution is -2.70. The quantitative estimate of drug-likeness (QED) is 0.209. The minimum absolute atomic E-state index is 0.0580. The molecule has 13 rings (SSSR count). The molecule has 68 heavy (non-hydrogen) atoms. The SMILES string of the molecule is C[C@@H]1[C@H]2CC=C3[C@@H]4CC[C@H]5Cc6nc7c(nc6C[C@]5(C)[C@@]4(O)CC(=O)[C@@]32CO[C@@]12OC(C)(C)[C@@H](C)[C@H]2O)C[C@@H]1CC[C@H]2C3=C[C@@H]4O[C@]5(O[C@](C)(CO)C[C@H]5O)[C@@H](C)[C@]4(O)[C@@]3(C)[C@H](O)C[C@@H]2[C@@]1(C)C7. The number of Topliss-reactive ketones (excluding diaryl/α,β-unsaturated/α-hetero) is 1. The van der Waals surface area contributed by atoms with Gasteiger partial charge in [-0.1, -0.05) is 64.8 Å². The molecule has 6 N–H and O–H groups in total. The molecule has 13 nitrogen and oxygen atoms in total. The van der Waals surface area contributed by atoms with Crippen LogP contribution in [0.5, 0.6) is 0 Å². The van der Waals surface area contributed by atoms with Crippen LogP contribution < -0.4 is 0 Å². The summed E-state index contributed by atoms with van der Waals surface area (Å²) < 4.78 is 26.4. The van der Waals surface area contributed by atoms with Gasteiger partial charge in [0.15, 0.2) is 5.79 Å². The molecule has 372 valence electrons. The lowest BCUT2D eigenvalue weighted by atomic mass is 9.42. The molecule has 3 spiro atoms. The van der Waals surface area contributed by atoms with Gasteiger partial charge in [-0.05, 0) is 120 Å². The first-order valence-corrected chi connectivity index (χ1v) is 26.5. The van der Waals surface area contributed by atoms with E-state index in [9.17, 15) is 30.6 Å². The third-order valence-corrected chi connectivity index (χ3v) is 23.9. The molecule has 1 aromatic heterocycles. The second-order valence-electron chi connectivity index (χ2n) is 26.6. The Morgan fingerprint density at radius 3 is 2.13 bits per heavy atom. The molecule has 12 aliphatic rings. The molecule has 4 saturated heterocycles. The van der Waals surface area contributed by atoms with Crippen molar-refractivity contribution in [2.75, 3.05) is 13.2 Å². The number of aliphatic hydroxyl groups excluding tert-OH is 4. The van der Waals surface area contributed by atoms with Gasteiger partial charge in [0.25, 0.3) is 0 Å². The van der Waals surface area contributed by atoms with Gasteiger partial charge >= 0.3 is 0 Å². The third kappa shape index (κ3) is 4.94. The van der Waals surface area contributed by atoms with Crippen LogP contribution in [0.4, 0.5) is 0 Å². The zero-order valence-corrected chi connectivity index (χ0v) is 41.7. The first kappa shape index (κ1) is 45.7. The average Bonchev–Trinajstić information content (AvgIpc) is 3.98. The maximum absolute atomic E-state index is 15.0. The number of hydrogen-bond acceptors (Lipinski definition) is 13. The Kier molecular flexibility index (Phi) is 9.07. The molecule has 0 unspecified atom stereocenters. The van der Waals surface area contributed by atoms with Crippen LogP contribution in [0, 0.1) is 74.9 Å². The predicted octanol–water partition coefficient (Wildman–Crippen LogP) is 4.87. The number of ketones is 1. The zero-order chi connectivity index (χ0) is 48.1. The number of aliphatic hydroxyl groups is 6. The average molecular weight is 941 g/mol. The molecular formula is C55H76N2O11. The highest BCUT2D eigenvalue weighted by molar-refractivity contribution is 5.92. The Morgan fingerprint density at radius 2 is 1.46 bits per heavy atom. The van der Waals surface area contributed by atoms with E-state index in [0.29, 0.717) is 31.6 Å². The van der Waals surface area contributed by atoms with E-state index in [2.05, 4.69) is 32.9 Å². The molecule has 4 aliphatic heterocycles. The van der Waals surface area contributed by atoms with Crippen molar-refractivity contribution in [3.05, 3.63) is 46.1 Å². The minimum atomic E-state index is -1.52. The normalized spacial score (nSPS) is 57.7. The van der Waals surface area contributed by atoms with Gasteiger partial charge in [0.1, 0.15) is 29.7 Å². The molecule has 8 fully saturated rings. The predicted molar refractivity (Wildman–Crippen MR) is 246 cm³/mol. The van der Waals surface area contributed by atoms with Crippen LogP contribution in [0.3, 0.4) is 0 Å². The van der Waals surface area contributed by atoms with Crippen LogP contribution in [-0.2, 0) is 49.4 Å². The smallest absolute Gasteiger partial charge is 0.201 e. The Morgan fingerprint density at radius 1 is 0.765 bits per heavy atom. The molecule has 0 bridgehead atoms. The van der Waals surface area contributed by atoms with Crippen molar-refractivity contribution in [3.63, 3.8) is 0 Å². The zero-order valence-electron chi connectivity index (χ0n) is 41.7. The number of aromatic nitrogens is 2. The summed E-state index contributed by atoms with van der Waals surface area (Å²) >= 11 is 0. The van der Waals surface area contributed by atoms with E-state index in [1.165, 1.54) is 0 Å². The van der Waals surface area contributed by atoms with Crippen molar-refractivity contribution in [1.82, 2.24) is 9.97 Å². The molecule has 0 amide bonds. The highest BCUT2D eigenvalue weighted by Crippen LogP contribution is 2.73. The summed E-state index contributed by atoms with van der Waals surface area (Å²) in [6, 6.07) is 0. The first-order valence-electron chi connectivity index (χ1n) is 26.5. The van der Waals surface area contributed by atoms with Crippen molar-refractivity contribution in [2.45, 2.75) is 198 Å². The van der Waals surface area contributed by atoms with Gasteiger partial charge in [0, 0.05) is 47.3 Å². The number of carbonyl (C=O) groups is 1. The molecule has 1 aromatic rings. The first-order chi connectivity index (χ1) is 31.8. The van der Waals surface area contributed by atoms with Crippen LogP contribution in [0.25, 0.3) is 0 Å². The highest BCUT2D eigenvalue weighted by atomic mass is 16.7. The summed E-state index contributed by atoms with van der Waals surface area (Å²) in [6.45, 7) is 18.2. The van der Waals surface area contributed by atoms with Gasteiger partial charge in [0.05, 0.1) is 64.3 Å². The fraction of sp³-hybridized carbons (Fsp3) is 0.836. The van der Waals surface area contributed by atoms with Crippen molar-refractivity contribution in [2.24, 2.45) is 74.9 Å². The monoisotopic (exact) mass is 941 g/mol. The van der Waals surface area contributed by atoms with Crippen molar-refractivity contribution in [1.29, 1.82) is 0 Å². The second kappa shape index (κ2) is 13.5. The van der Waals surface area contributed by atoms with E-state index in [0.717, 1.165) is 72.4 Å². The number of ether oxygens (including phenoxy) is 4. The van der Waals surface area contributed by atoms with Gasteiger partial charge in [-0.15, -0.1) is 0 Å². The van der Waals surface area contributed by atoms with Crippen LogP contribution in [0.15, 0.2) is 23.3 Å². The van der Waals surface area contributed by atoms with Crippen LogP contribution in [-0.4, -0.2) is 118 Å². The van der Waals surface area contributed by atoms with Gasteiger partial charge < -0.3 is 49.6 Å². The fourth-order valence-electron chi connectivity index (χ4n) is 19.4. The summed E-state index contributed by atoms with van der Waals surface area (Å²) in [6.07, 6.45) is 8.77. The molecule has 5 heterocycles. The molecule has 0 aromatic carbocycles. The Hall–Kier alpha value is -2.17. The lowest BCUT2D eigenvalue weighted by molar-refractivity contribution is -0.337. The Balaban J connectivity index is 0.771. The summed E-state index contributed by atoms with van der Waals surface area (Å²) in [5.41, 5.74) is -0.724. The molecule has 4 saturated carbocycles. The van der Waals surface area contributed by atoms with Gasteiger partial charge in [-0.25, -0.2) is 0 Å². The van der Waals surface area contributed by atoms with Gasteiger partial charge in [-0.3, -0.25) is 14.8 Å². The summed E-state index contributed by atoms with van der Waals surface area (Å²) in [4.78, 5) is 26.1. The van der Waals surface area contributed by atoms with Gasteiger partial charge in [0.2, 0.25) is 5.79 Å². The van der Waals surface area contributed by atoms with Crippen molar-refractivity contribution < 1.29 is 54.4 Å². The van der Waals surface area contributed by atoms with E-state index in [1.807, 2.05) is 34.6 Å². The third-order valence-electron chi connectivity index (χ3n) is 23.9. The maximum atomic E-state index is 15.0. The van der Waals surface area contributed by atoms with E-state index in [1.54, 1.807) is 6.92 Å². The molecular weight excluding hydrogens is 865 g/mol. The summed E-state index contributed by atoms with van der Waals surface area (Å²) in [5, 5.41) is 71.9. The number of allylic oxidation sites excluding steroid dienone is 1.